The summed E-state index contributed by atoms with van der Waals surface area (Å²) in [6, 6.07) is 0. The van der Waals surface area contributed by atoms with Gasteiger partial charge in [-0.3, -0.25) is 0 Å². The van der Waals surface area contributed by atoms with Gasteiger partial charge in [-0.2, -0.15) is 13.8 Å². The van der Waals surface area contributed by atoms with E-state index in [1.165, 1.54) is 16.5 Å². The van der Waals surface area contributed by atoms with Crippen LogP contribution in [0.1, 0.15) is 90.7 Å². The molecule has 2 aromatic rings. The monoisotopic (exact) mass is 912 g/mol. The van der Waals surface area contributed by atoms with Gasteiger partial charge in [0.25, 0.3) is 0 Å². The number of aromatic nitrogens is 4. The number of nitrogens with zero attached hydrogens (tertiary/aromatic N) is 4. The molecule has 0 radical (unpaired) electrons. The summed E-state index contributed by atoms with van der Waals surface area (Å²) in [7, 11) is 0. The summed E-state index contributed by atoms with van der Waals surface area (Å²) in [5, 5.41) is 0. The first-order chi connectivity index (χ1) is 17.5. The molecular weight excluding hydrogens is 875 g/mol. The van der Waals surface area contributed by atoms with Crippen LogP contribution in [0.2, 0.25) is 0 Å². The smallest absolute Gasteiger partial charge is 1.00 e. The third-order valence-electron chi connectivity index (χ3n) is 7.92. The molecule has 0 amide bonds. The van der Waals surface area contributed by atoms with E-state index in [4.69, 9.17) is 4.74 Å². The Bertz CT molecular complexity index is 1060. The van der Waals surface area contributed by atoms with Crippen molar-refractivity contribution in [1.82, 2.24) is 19.1 Å². The number of halogens is 6. The average molecular weight is 913 g/mol. The molecule has 4 bridgehead atoms. The van der Waals surface area contributed by atoms with Crippen LogP contribution in [0.5, 0.6) is 0 Å². The van der Waals surface area contributed by atoms with Gasteiger partial charge in [0.15, 0.2) is 0 Å². The van der Waals surface area contributed by atoms with E-state index < -0.39 is 11.3 Å². The van der Waals surface area contributed by atoms with E-state index in [9.17, 15) is 8.78 Å². The Morgan fingerprint density at radius 3 is 1.72 bits per heavy atom. The van der Waals surface area contributed by atoms with E-state index >= 15 is 0 Å². The van der Waals surface area contributed by atoms with Crippen LogP contribution in [0.25, 0.3) is 0 Å². The summed E-state index contributed by atoms with van der Waals surface area (Å²) < 4.78 is 39.7. The minimum absolute atomic E-state index is 0. The first-order valence-corrected chi connectivity index (χ1v) is 16.6. The molecule has 3 heterocycles. The largest absolute Gasteiger partial charge is 2.00 e. The molecule has 6 aliphatic carbocycles. The van der Waals surface area contributed by atoms with Crippen LogP contribution >= 0.6 is 67.8 Å². The Labute approximate surface area is 295 Å². The fraction of sp³-hybridized carbons (Fsp3) is 0.741. The van der Waals surface area contributed by atoms with Gasteiger partial charge in [-0.1, -0.05) is 13.8 Å². The topological polar surface area (TPSA) is 44.9 Å². The molecule has 12 heteroatoms. The normalized spacial score (nSPS) is 31.9. The van der Waals surface area contributed by atoms with E-state index in [0.29, 0.717) is 38.5 Å². The number of aryl methyl sites for hydroxylation is 2. The van der Waals surface area contributed by atoms with Gasteiger partial charge in [-0.05, 0) is 80.6 Å². The zero-order chi connectivity index (χ0) is 27.1. The fourth-order valence-electron chi connectivity index (χ4n) is 6.41. The molecule has 6 saturated carbocycles. The summed E-state index contributed by atoms with van der Waals surface area (Å²) >= 11 is 6.82. The predicted molar refractivity (Wildman–Crippen MR) is 174 cm³/mol. The molecular formula is C27H38ClF2I3MgN4O. The zero-order valence-corrected chi connectivity index (χ0v) is 32.0. The number of hydrogen-bond acceptors (Lipinski definition) is 3. The second-order valence-electron chi connectivity index (χ2n) is 11.2. The third kappa shape index (κ3) is 7.42. The van der Waals surface area contributed by atoms with Gasteiger partial charge in [-0.15, -0.1) is 0 Å². The van der Waals surface area contributed by atoms with Gasteiger partial charge in [0.2, 0.25) is 0 Å². The van der Waals surface area contributed by atoms with Crippen molar-refractivity contribution in [3.63, 3.8) is 0 Å². The van der Waals surface area contributed by atoms with Gasteiger partial charge in [0, 0.05) is 70.8 Å². The molecule has 2 aromatic heterocycles. The molecule has 7 aliphatic rings. The Hall–Kier alpha value is 1.49. The number of imidazole rings is 2. The van der Waals surface area contributed by atoms with E-state index in [0.717, 1.165) is 45.1 Å². The zero-order valence-electron chi connectivity index (χ0n) is 23.3. The van der Waals surface area contributed by atoms with Crippen LogP contribution in [0.3, 0.4) is 0 Å². The molecule has 0 N–H and O–H groups in total. The molecule has 1 aliphatic heterocycles. The Balaban J connectivity index is 0.000000207. The Morgan fingerprint density at radius 2 is 1.33 bits per heavy atom. The molecule has 1 saturated heterocycles. The van der Waals surface area contributed by atoms with Gasteiger partial charge < -0.3 is 32.7 Å². The maximum Gasteiger partial charge on any atom is 2.00 e. The van der Waals surface area contributed by atoms with Crippen molar-refractivity contribution in [2.24, 2.45) is 0 Å². The molecule has 0 spiro atoms. The van der Waals surface area contributed by atoms with E-state index in [1.807, 2.05) is 20.3 Å². The summed E-state index contributed by atoms with van der Waals surface area (Å²) in [6.45, 7) is 10.2. The second kappa shape index (κ2) is 14.5. The predicted octanol–water partition coefficient (Wildman–Crippen LogP) is 4.56. The van der Waals surface area contributed by atoms with Crippen molar-refractivity contribution in [2.45, 2.75) is 114 Å². The van der Waals surface area contributed by atoms with Crippen LogP contribution in [0, 0.1) is 17.5 Å². The SMILES string of the molecule is C1CCOC1.CCc1nc(I)c(I)n1C12CC(F)(C1)C2.CCc1nc(I)cn1C12CC(F)(C1)C2.C[CH-]C.[Cl-].[Mg+2]. The fourth-order valence-corrected chi connectivity index (χ4v) is 8.40. The Kier molecular flexibility index (Phi) is 13.6. The quantitative estimate of drug-likeness (QED) is 0.257. The van der Waals surface area contributed by atoms with E-state index in [-0.39, 0.29) is 46.5 Å². The van der Waals surface area contributed by atoms with Crippen molar-refractivity contribution >= 4 is 90.8 Å². The molecule has 5 nitrogen and oxygen atoms in total. The first kappa shape index (κ1) is 36.7. The third-order valence-corrected chi connectivity index (χ3v) is 11.2. The van der Waals surface area contributed by atoms with Crippen molar-refractivity contribution in [2.75, 3.05) is 13.2 Å². The number of rotatable bonds is 4. The van der Waals surface area contributed by atoms with Crippen LogP contribution in [0.15, 0.2) is 6.20 Å². The number of ether oxygens (including phenoxy) is 1. The van der Waals surface area contributed by atoms with Crippen LogP contribution in [-0.2, 0) is 28.7 Å². The number of alkyl halides is 2. The van der Waals surface area contributed by atoms with Gasteiger partial charge in [-0.25, -0.2) is 18.7 Å². The molecule has 0 unspecified atom stereocenters. The molecule has 0 atom stereocenters. The van der Waals surface area contributed by atoms with Crippen LogP contribution in [-0.4, -0.2) is 66.7 Å². The summed E-state index contributed by atoms with van der Waals surface area (Å²) in [5.41, 5.74) is -1.45. The summed E-state index contributed by atoms with van der Waals surface area (Å²) in [5.74, 6) is 2.22. The van der Waals surface area contributed by atoms with Crippen LogP contribution in [0.4, 0.5) is 8.78 Å². The molecule has 39 heavy (non-hydrogen) atoms. The molecule has 7 fully saturated rings. The Morgan fingerprint density at radius 1 is 0.872 bits per heavy atom. The number of hydrogen-bond donors (Lipinski definition) is 0. The molecule has 216 valence electrons. The summed E-state index contributed by atoms with van der Waals surface area (Å²) in [4.78, 5) is 9.00. The van der Waals surface area contributed by atoms with Gasteiger partial charge >= 0.3 is 23.1 Å². The summed E-state index contributed by atoms with van der Waals surface area (Å²) in [6.07, 6.45) is 12.7. The van der Waals surface area contributed by atoms with E-state index in [2.05, 4.69) is 107 Å². The van der Waals surface area contributed by atoms with Crippen LogP contribution < -0.4 is 12.4 Å². The molecule has 9 rings (SSSR count). The van der Waals surface area contributed by atoms with Gasteiger partial charge in [0.1, 0.15) is 34.1 Å². The van der Waals surface area contributed by atoms with Crippen molar-refractivity contribution in [3.8, 4) is 0 Å². The maximum absolute atomic E-state index is 13.5. The van der Waals surface area contributed by atoms with Crippen molar-refractivity contribution in [3.05, 3.63) is 35.4 Å². The van der Waals surface area contributed by atoms with Crippen molar-refractivity contribution in [1.29, 1.82) is 0 Å². The minimum atomic E-state index is -0.830. The maximum atomic E-state index is 13.5. The second-order valence-corrected chi connectivity index (χ2v) is 14.4. The van der Waals surface area contributed by atoms with E-state index in [1.54, 1.807) is 0 Å². The average Bonchev–Trinajstić information content (AvgIpc) is 3.52. The standard InChI is InChI=1S/C10H11FI2N2.C10H12FIN2.C4H8O.C3H7.ClH.Mg/c1-2-6-14-7(12)8(13)15(6)10-3-9(11,4-10)5-10;1-2-8-13-7(12)3-14(8)10-4-9(11,5-10)6-10;1-2-4-5-3-1;1-3-2;;/h2-5H2,1H3;3H,2,4-6H2,1H3;1-4H2;3H,1-2H3;1H;/q;;;-1;;+2/p-1. The van der Waals surface area contributed by atoms with Crippen molar-refractivity contribution < 1.29 is 25.9 Å². The van der Waals surface area contributed by atoms with Gasteiger partial charge in [0.05, 0.1) is 11.1 Å². The minimum Gasteiger partial charge on any atom is -1.00 e. The first-order valence-electron chi connectivity index (χ1n) is 13.4. The molecule has 0 aromatic carbocycles.